The van der Waals surface area contributed by atoms with Crippen LogP contribution in [-0.4, -0.2) is 37.6 Å². The van der Waals surface area contributed by atoms with Crippen molar-refractivity contribution in [3.8, 4) is 0 Å². The molecule has 0 aromatic carbocycles. The van der Waals surface area contributed by atoms with Gasteiger partial charge in [-0.3, -0.25) is 0 Å². The van der Waals surface area contributed by atoms with Crippen LogP contribution in [0.3, 0.4) is 0 Å². The van der Waals surface area contributed by atoms with Gasteiger partial charge in [-0.15, -0.1) is 0 Å². The standard InChI is InChI=1S/C9H20N2O2S/c1-7(2)9(4-10)11-5-8(3)6-14(11,12)13/h7-9H,4-6,10H2,1-3H3. The molecule has 84 valence electrons. The highest BCUT2D eigenvalue weighted by molar-refractivity contribution is 7.89. The summed E-state index contributed by atoms with van der Waals surface area (Å²) in [5, 5.41) is 0. The lowest BCUT2D eigenvalue weighted by Crippen LogP contribution is -2.45. The van der Waals surface area contributed by atoms with Crippen LogP contribution in [0.25, 0.3) is 0 Å². The molecule has 1 rings (SSSR count). The van der Waals surface area contributed by atoms with E-state index in [4.69, 9.17) is 5.73 Å². The van der Waals surface area contributed by atoms with Gasteiger partial charge in [-0.25, -0.2) is 8.42 Å². The molecule has 0 spiro atoms. The summed E-state index contributed by atoms with van der Waals surface area (Å²) in [6.45, 7) is 7.02. The van der Waals surface area contributed by atoms with Crippen LogP contribution in [0, 0.1) is 11.8 Å². The molecule has 1 fully saturated rings. The first-order valence-electron chi connectivity index (χ1n) is 5.08. The number of sulfonamides is 1. The van der Waals surface area contributed by atoms with Crippen LogP contribution in [0.2, 0.25) is 0 Å². The molecule has 0 radical (unpaired) electrons. The molecule has 1 aliphatic heterocycles. The summed E-state index contributed by atoms with van der Waals surface area (Å²) >= 11 is 0. The van der Waals surface area contributed by atoms with Gasteiger partial charge in [0.15, 0.2) is 0 Å². The maximum absolute atomic E-state index is 11.7. The maximum Gasteiger partial charge on any atom is 0.214 e. The molecule has 2 atom stereocenters. The van der Waals surface area contributed by atoms with Crippen molar-refractivity contribution in [2.75, 3.05) is 18.8 Å². The Morgan fingerprint density at radius 2 is 2.07 bits per heavy atom. The first-order chi connectivity index (χ1) is 6.38. The van der Waals surface area contributed by atoms with Crippen molar-refractivity contribution in [3.63, 3.8) is 0 Å². The third-order valence-electron chi connectivity index (χ3n) is 2.72. The zero-order valence-electron chi connectivity index (χ0n) is 9.10. The first kappa shape index (κ1) is 11.9. The SMILES string of the molecule is CC1CN(C(CN)C(C)C)S(=O)(=O)C1. The second kappa shape index (κ2) is 4.16. The highest BCUT2D eigenvalue weighted by Gasteiger charge is 2.38. The van der Waals surface area contributed by atoms with Crippen molar-refractivity contribution in [1.82, 2.24) is 4.31 Å². The Hall–Kier alpha value is -0.130. The molecular weight excluding hydrogens is 200 g/mol. The molecule has 1 heterocycles. The number of hydrogen-bond acceptors (Lipinski definition) is 3. The van der Waals surface area contributed by atoms with E-state index in [1.165, 1.54) is 0 Å². The second-order valence-electron chi connectivity index (χ2n) is 4.50. The molecular formula is C9H20N2O2S. The van der Waals surface area contributed by atoms with Crippen LogP contribution in [0.5, 0.6) is 0 Å². The van der Waals surface area contributed by atoms with E-state index in [-0.39, 0.29) is 23.6 Å². The van der Waals surface area contributed by atoms with Crippen molar-refractivity contribution in [2.24, 2.45) is 17.6 Å². The van der Waals surface area contributed by atoms with Crippen LogP contribution >= 0.6 is 0 Å². The summed E-state index contributed by atoms with van der Waals surface area (Å²) in [5.74, 6) is 0.781. The van der Waals surface area contributed by atoms with Crippen molar-refractivity contribution in [2.45, 2.75) is 26.8 Å². The molecule has 14 heavy (non-hydrogen) atoms. The minimum atomic E-state index is -3.04. The topological polar surface area (TPSA) is 63.4 Å². The third-order valence-corrected chi connectivity index (χ3v) is 4.85. The number of nitrogens with zero attached hydrogens (tertiary/aromatic N) is 1. The zero-order chi connectivity index (χ0) is 10.9. The Morgan fingerprint density at radius 1 is 1.50 bits per heavy atom. The summed E-state index contributed by atoms with van der Waals surface area (Å²) < 4.78 is 25.1. The third kappa shape index (κ3) is 2.27. The second-order valence-corrected chi connectivity index (χ2v) is 6.47. The normalized spacial score (nSPS) is 29.6. The Labute approximate surface area is 86.5 Å². The molecule has 0 aliphatic carbocycles. The van der Waals surface area contributed by atoms with Crippen molar-refractivity contribution in [1.29, 1.82) is 0 Å². The minimum Gasteiger partial charge on any atom is -0.329 e. The van der Waals surface area contributed by atoms with Crippen molar-refractivity contribution < 1.29 is 8.42 Å². The summed E-state index contributed by atoms with van der Waals surface area (Å²) in [7, 11) is -3.04. The van der Waals surface area contributed by atoms with Crippen molar-refractivity contribution >= 4 is 10.0 Å². The zero-order valence-corrected chi connectivity index (χ0v) is 9.92. The Morgan fingerprint density at radius 3 is 2.36 bits per heavy atom. The van der Waals surface area contributed by atoms with Gasteiger partial charge >= 0.3 is 0 Å². The molecule has 0 saturated carbocycles. The maximum atomic E-state index is 11.7. The van der Waals surface area contributed by atoms with Crippen LogP contribution in [0.15, 0.2) is 0 Å². The van der Waals surface area contributed by atoms with E-state index in [9.17, 15) is 8.42 Å². The van der Waals surface area contributed by atoms with E-state index in [1.54, 1.807) is 4.31 Å². The number of hydrogen-bond donors (Lipinski definition) is 1. The van der Waals surface area contributed by atoms with Crippen LogP contribution in [-0.2, 0) is 10.0 Å². The van der Waals surface area contributed by atoms with Gasteiger partial charge in [0.05, 0.1) is 5.75 Å². The van der Waals surface area contributed by atoms with Crippen LogP contribution < -0.4 is 5.73 Å². The van der Waals surface area contributed by atoms with Gasteiger partial charge in [0.25, 0.3) is 0 Å². The van der Waals surface area contributed by atoms with Crippen molar-refractivity contribution in [3.05, 3.63) is 0 Å². The molecule has 2 unspecified atom stereocenters. The largest absolute Gasteiger partial charge is 0.329 e. The van der Waals surface area contributed by atoms with E-state index in [2.05, 4.69) is 0 Å². The molecule has 4 nitrogen and oxygen atoms in total. The minimum absolute atomic E-state index is 0.0371. The summed E-state index contributed by atoms with van der Waals surface area (Å²) in [6, 6.07) is -0.0371. The molecule has 2 N–H and O–H groups in total. The Bertz CT molecular complexity index is 287. The predicted molar refractivity (Wildman–Crippen MR) is 57.3 cm³/mol. The highest BCUT2D eigenvalue weighted by atomic mass is 32.2. The molecule has 5 heteroatoms. The molecule has 0 amide bonds. The van der Waals surface area contributed by atoms with Gasteiger partial charge in [-0.2, -0.15) is 4.31 Å². The average Bonchev–Trinajstić information content (AvgIpc) is 2.26. The average molecular weight is 220 g/mol. The molecule has 0 aromatic heterocycles. The smallest absolute Gasteiger partial charge is 0.214 e. The molecule has 1 aliphatic rings. The monoisotopic (exact) mass is 220 g/mol. The molecule has 0 aromatic rings. The van der Waals surface area contributed by atoms with Gasteiger partial charge in [-0.1, -0.05) is 20.8 Å². The van der Waals surface area contributed by atoms with E-state index in [0.29, 0.717) is 13.1 Å². The van der Waals surface area contributed by atoms with Gasteiger partial charge < -0.3 is 5.73 Å². The fraction of sp³-hybridized carbons (Fsp3) is 1.00. The quantitative estimate of drug-likeness (QED) is 0.741. The Balaban J connectivity index is 2.86. The van der Waals surface area contributed by atoms with E-state index >= 15 is 0 Å². The van der Waals surface area contributed by atoms with Gasteiger partial charge in [0.1, 0.15) is 0 Å². The van der Waals surface area contributed by atoms with E-state index in [1.807, 2.05) is 20.8 Å². The Kier molecular flexibility index (Phi) is 3.55. The fourth-order valence-corrected chi connectivity index (χ4v) is 4.23. The predicted octanol–water partition coefficient (Wildman–Crippen LogP) is 0.251. The summed E-state index contributed by atoms with van der Waals surface area (Å²) in [5.41, 5.74) is 5.61. The highest BCUT2D eigenvalue weighted by Crippen LogP contribution is 2.24. The van der Waals surface area contributed by atoms with Gasteiger partial charge in [0.2, 0.25) is 10.0 Å². The lowest BCUT2D eigenvalue weighted by molar-refractivity contribution is 0.266. The van der Waals surface area contributed by atoms with Crippen LogP contribution in [0.1, 0.15) is 20.8 Å². The molecule has 0 bridgehead atoms. The first-order valence-corrected chi connectivity index (χ1v) is 6.69. The summed E-state index contributed by atoms with van der Waals surface area (Å²) in [4.78, 5) is 0. The van der Waals surface area contributed by atoms with E-state index < -0.39 is 10.0 Å². The lowest BCUT2D eigenvalue weighted by Gasteiger charge is -2.28. The fourth-order valence-electron chi connectivity index (χ4n) is 1.99. The lowest BCUT2D eigenvalue weighted by atomic mass is 10.0. The number of nitrogens with two attached hydrogens (primary N) is 1. The number of rotatable bonds is 3. The van der Waals surface area contributed by atoms with Gasteiger partial charge in [0, 0.05) is 19.1 Å². The van der Waals surface area contributed by atoms with Gasteiger partial charge in [-0.05, 0) is 11.8 Å². The van der Waals surface area contributed by atoms with E-state index in [0.717, 1.165) is 0 Å². The summed E-state index contributed by atoms with van der Waals surface area (Å²) in [6.07, 6.45) is 0. The van der Waals surface area contributed by atoms with Crippen LogP contribution in [0.4, 0.5) is 0 Å². The molecule has 1 saturated heterocycles.